The van der Waals surface area contributed by atoms with Gasteiger partial charge in [0.1, 0.15) is 22.0 Å². The summed E-state index contributed by atoms with van der Waals surface area (Å²) < 4.78 is 0. The Bertz CT molecular complexity index is 1880. The van der Waals surface area contributed by atoms with E-state index in [0.29, 0.717) is 44.3 Å². The molecule has 0 spiro atoms. The fourth-order valence-corrected chi connectivity index (χ4v) is 4.62. The normalized spacial score (nSPS) is 10.7. The van der Waals surface area contributed by atoms with Gasteiger partial charge in [-0.25, -0.2) is 19.9 Å². The highest BCUT2D eigenvalue weighted by molar-refractivity contribution is 6.36. The van der Waals surface area contributed by atoms with Gasteiger partial charge in [-0.3, -0.25) is 30.2 Å². The van der Waals surface area contributed by atoms with Crippen molar-refractivity contribution in [2.75, 3.05) is 5.73 Å². The van der Waals surface area contributed by atoms with Crippen LogP contribution < -0.4 is 5.73 Å². The van der Waals surface area contributed by atoms with Gasteiger partial charge < -0.3 is 5.73 Å². The van der Waals surface area contributed by atoms with E-state index in [1.165, 1.54) is 24.3 Å². The summed E-state index contributed by atoms with van der Waals surface area (Å²) >= 11 is 17.7. The summed E-state index contributed by atoms with van der Waals surface area (Å²) in [6.45, 7) is 0. The first-order valence-corrected chi connectivity index (χ1v) is 12.8. The Balaban J connectivity index is 0.000000168. The SMILES string of the molecule is Nc1nc(Cl)nc2c(-c3cccc([N+](=O)[O-])c3)nccc12.O=[N+]([O-])c1cccc(-c2nccc3c(Cl)nc(Cl)nc23)c1. The molecule has 0 radical (unpaired) electrons. The number of anilines is 1. The lowest BCUT2D eigenvalue weighted by molar-refractivity contribution is -0.385. The Kier molecular flexibility index (Phi) is 7.97. The second kappa shape index (κ2) is 11.8. The number of nitrogens with two attached hydrogens (primary N) is 1. The summed E-state index contributed by atoms with van der Waals surface area (Å²) in [7, 11) is 0. The van der Waals surface area contributed by atoms with E-state index in [1.54, 1.807) is 48.8 Å². The number of halogens is 3. The van der Waals surface area contributed by atoms with Gasteiger partial charge in [0.15, 0.2) is 0 Å². The number of hydrogen-bond donors (Lipinski definition) is 1. The largest absolute Gasteiger partial charge is 0.383 e. The molecule has 16 heteroatoms. The van der Waals surface area contributed by atoms with Gasteiger partial charge in [0, 0.05) is 58.6 Å². The monoisotopic (exact) mass is 621 g/mol. The number of rotatable bonds is 4. The third-order valence-electron chi connectivity index (χ3n) is 5.82. The summed E-state index contributed by atoms with van der Waals surface area (Å²) in [6, 6.07) is 15.6. The van der Waals surface area contributed by atoms with Crippen LogP contribution >= 0.6 is 34.8 Å². The van der Waals surface area contributed by atoms with Crippen LogP contribution in [0.1, 0.15) is 0 Å². The highest BCUT2D eigenvalue weighted by Gasteiger charge is 2.15. The molecule has 0 aliphatic heterocycles. The van der Waals surface area contributed by atoms with E-state index in [-0.39, 0.29) is 32.9 Å². The lowest BCUT2D eigenvalue weighted by atomic mass is 10.1. The molecule has 0 aliphatic rings. The first kappa shape index (κ1) is 28.4. The van der Waals surface area contributed by atoms with Crippen molar-refractivity contribution >= 4 is 73.8 Å². The van der Waals surface area contributed by atoms with Crippen molar-refractivity contribution in [1.29, 1.82) is 0 Å². The Labute approximate surface area is 250 Å². The molecule has 0 unspecified atom stereocenters. The fraction of sp³-hybridized carbons (Fsp3) is 0. The molecule has 6 aromatic rings. The second-order valence-electron chi connectivity index (χ2n) is 8.39. The first-order valence-electron chi connectivity index (χ1n) is 11.7. The first-order chi connectivity index (χ1) is 20.1. The molecule has 0 bridgehead atoms. The maximum atomic E-state index is 10.9. The predicted molar refractivity (Wildman–Crippen MR) is 158 cm³/mol. The van der Waals surface area contributed by atoms with E-state index in [9.17, 15) is 20.2 Å². The molecule has 2 aromatic carbocycles. The molecular weight excluding hydrogens is 609 g/mol. The highest BCUT2D eigenvalue weighted by atomic mass is 35.5. The molecule has 13 nitrogen and oxygen atoms in total. The molecule has 42 heavy (non-hydrogen) atoms. The summed E-state index contributed by atoms with van der Waals surface area (Å²) in [6.07, 6.45) is 3.09. The predicted octanol–water partition coefficient (Wildman–Crippen LogP) is 6.74. The van der Waals surface area contributed by atoms with Crippen LogP contribution in [0, 0.1) is 20.2 Å². The van der Waals surface area contributed by atoms with Crippen LogP contribution in [0.5, 0.6) is 0 Å². The number of non-ortho nitro benzene ring substituents is 2. The van der Waals surface area contributed by atoms with Crippen LogP contribution in [-0.4, -0.2) is 39.8 Å². The zero-order valence-electron chi connectivity index (χ0n) is 20.9. The number of pyridine rings is 2. The molecule has 0 aliphatic carbocycles. The number of nitro groups is 2. The summed E-state index contributed by atoms with van der Waals surface area (Å²) in [5.74, 6) is 0.235. The maximum absolute atomic E-state index is 10.9. The van der Waals surface area contributed by atoms with Crippen LogP contribution in [-0.2, 0) is 0 Å². The summed E-state index contributed by atoms with van der Waals surface area (Å²) in [4.78, 5) is 45.3. The van der Waals surface area contributed by atoms with Crippen molar-refractivity contribution in [2.45, 2.75) is 0 Å². The molecule has 0 saturated heterocycles. The van der Waals surface area contributed by atoms with Crippen molar-refractivity contribution in [1.82, 2.24) is 29.9 Å². The van der Waals surface area contributed by atoms with Gasteiger partial charge in [0.25, 0.3) is 11.4 Å². The van der Waals surface area contributed by atoms with Crippen molar-refractivity contribution in [3.63, 3.8) is 0 Å². The van der Waals surface area contributed by atoms with E-state index < -0.39 is 9.85 Å². The minimum absolute atomic E-state index is 0.000296. The minimum Gasteiger partial charge on any atom is -0.383 e. The van der Waals surface area contributed by atoms with Crippen LogP contribution in [0.25, 0.3) is 44.3 Å². The van der Waals surface area contributed by atoms with Gasteiger partial charge in [-0.2, -0.15) is 0 Å². The molecule has 0 fully saturated rings. The quantitative estimate of drug-likeness (QED) is 0.0947. The van der Waals surface area contributed by atoms with Crippen molar-refractivity contribution in [2.24, 2.45) is 0 Å². The van der Waals surface area contributed by atoms with Gasteiger partial charge in [-0.05, 0) is 35.3 Å². The highest BCUT2D eigenvalue weighted by Crippen LogP contribution is 2.32. The van der Waals surface area contributed by atoms with Gasteiger partial charge in [-0.1, -0.05) is 35.9 Å². The average molecular weight is 623 g/mol. The number of fused-ring (bicyclic) bond motifs is 2. The molecule has 4 heterocycles. The average Bonchev–Trinajstić information content (AvgIpc) is 2.97. The summed E-state index contributed by atoms with van der Waals surface area (Å²) in [5.41, 5.74) is 8.69. The lowest BCUT2D eigenvalue weighted by Crippen LogP contribution is -1.98. The molecular formula is C26H14Cl3N9O4. The smallest absolute Gasteiger partial charge is 0.270 e. The van der Waals surface area contributed by atoms with Gasteiger partial charge in [0.2, 0.25) is 10.6 Å². The number of benzene rings is 2. The molecule has 0 atom stereocenters. The van der Waals surface area contributed by atoms with E-state index >= 15 is 0 Å². The number of nitrogens with zero attached hydrogens (tertiary/aromatic N) is 8. The zero-order valence-corrected chi connectivity index (χ0v) is 23.1. The van der Waals surface area contributed by atoms with E-state index in [4.69, 9.17) is 40.5 Å². The summed E-state index contributed by atoms with van der Waals surface area (Å²) in [5, 5.41) is 23.1. The van der Waals surface area contributed by atoms with Crippen LogP contribution in [0.4, 0.5) is 17.2 Å². The third-order valence-corrected chi connectivity index (χ3v) is 6.44. The van der Waals surface area contributed by atoms with Crippen LogP contribution in [0.3, 0.4) is 0 Å². The maximum Gasteiger partial charge on any atom is 0.270 e. The Morgan fingerprint density at radius 2 is 1.12 bits per heavy atom. The number of nitro benzene ring substituents is 2. The molecule has 2 N–H and O–H groups in total. The fourth-order valence-electron chi connectivity index (χ4n) is 4.00. The van der Waals surface area contributed by atoms with Gasteiger partial charge in [0.05, 0.1) is 21.2 Å². The lowest BCUT2D eigenvalue weighted by Gasteiger charge is -2.06. The Hall–Kier alpha value is -5.11. The van der Waals surface area contributed by atoms with Gasteiger partial charge in [-0.15, -0.1) is 0 Å². The standard InChI is InChI=1S/C13H6Cl2N4O2.C13H8ClN5O2/c14-12-9-4-5-16-10(11(9)17-13(15)18-12)7-2-1-3-8(6-7)19(20)21;14-13-17-11-9(12(15)18-13)4-5-16-10(11)7-2-1-3-8(6-7)19(20)21/h1-6H;1-6H,(H2,15,17,18). The van der Waals surface area contributed by atoms with Crippen LogP contribution in [0.2, 0.25) is 15.7 Å². The van der Waals surface area contributed by atoms with E-state index in [0.717, 1.165) is 0 Å². The number of nitrogen functional groups attached to an aromatic ring is 1. The van der Waals surface area contributed by atoms with Crippen molar-refractivity contribution in [3.8, 4) is 22.5 Å². The van der Waals surface area contributed by atoms with E-state index in [2.05, 4.69) is 29.9 Å². The van der Waals surface area contributed by atoms with E-state index in [1.807, 2.05) is 0 Å². The molecule has 4 aromatic heterocycles. The molecule has 208 valence electrons. The molecule has 0 saturated carbocycles. The number of aromatic nitrogens is 6. The topological polar surface area (TPSA) is 190 Å². The Morgan fingerprint density at radius 3 is 1.64 bits per heavy atom. The van der Waals surface area contributed by atoms with Crippen LogP contribution in [0.15, 0.2) is 73.1 Å². The zero-order chi connectivity index (χ0) is 30.0. The van der Waals surface area contributed by atoms with Crippen molar-refractivity contribution < 1.29 is 9.85 Å². The minimum atomic E-state index is -0.469. The third kappa shape index (κ3) is 5.83. The molecule has 6 rings (SSSR count). The molecule has 0 amide bonds. The Morgan fingerprint density at radius 1 is 0.643 bits per heavy atom. The van der Waals surface area contributed by atoms with Crippen molar-refractivity contribution in [3.05, 3.63) is 109 Å². The second-order valence-corrected chi connectivity index (χ2v) is 9.42. The number of hydrogen-bond acceptors (Lipinski definition) is 11. The van der Waals surface area contributed by atoms with Gasteiger partial charge >= 0.3 is 0 Å².